The highest BCUT2D eigenvalue weighted by atomic mass is 16.5. The number of hydrogen-bond donors (Lipinski definition) is 1. The number of fused-ring (bicyclic) bond motifs is 1. The second-order valence-electron chi connectivity index (χ2n) is 5.74. The molecule has 6 heteroatoms. The van der Waals surface area contributed by atoms with Gasteiger partial charge in [-0.25, -0.2) is 4.79 Å². The third-order valence-corrected chi connectivity index (χ3v) is 3.82. The van der Waals surface area contributed by atoms with Gasteiger partial charge < -0.3 is 14.5 Å². The van der Waals surface area contributed by atoms with Crippen LogP contribution in [-0.4, -0.2) is 17.0 Å². The van der Waals surface area contributed by atoms with Gasteiger partial charge in [0.1, 0.15) is 11.3 Å². The number of nitrogens with one attached hydrogen (secondary N) is 1. The molecule has 1 aromatic carbocycles. The Morgan fingerprint density at radius 2 is 2.00 bits per heavy atom. The molecule has 2 aromatic heterocycles. The number of benzene rings is 1. The van der Waals surface area contributed by atoms with E-state index in [-0.39, 0.29) is 5.91 Å². The molecule has 0 bridgehead atoms. The minimum Gasteiger partial charge on any atom is -0.481 e. The average molecular weight is 338 g/mol. The molecular formula is C19H18N2O4. The van der Waals surface area contributed by atoms with Crippen molar-refractivity contribution in [3.63, 3.8) is 0 Å². The molecule has 25 heavy (non-hydrogen) atoms. The van der Waals surface area contributed by atoms with E-state index in [9.17, 15) is 9.59 Å². The van der Waals surface area contributed by atoms with Gasteiger partial charge in [0.15, 0.2) is 6.10 Å². The number of pyridine rings is 1. The lowest BCUT2D eigenvalue weighted by Gasteiger charge is -2.15. The summed E-state index contributed by atoms with van der Waals surface area (Å²) in [5, 5.41) is 3.64. The van der Waals surface area contributed by atoms with Crippen LogP contribution in [0.15, 0.2) is 58.0 Å². The standard InChI is InChI=1S/C19H18N2O4/c1-12-9-18(22)25-17-10-15(3-4-16(12)17)24-13(2)19(23)21-11-14-5-7-20-8-6-14/h3-10,13H,11H2,1-2H3,(H,21,23)/t13-/m0/s1. The van der Waals surface area contributed by atoms with E-state index >= 15 is 0 Å². The van der Waals surface area contributed by atoms with Gasteiger partial charge in [-0.3, -0.25) is 9.78 Å². The minimum absolute atomic E-state index is 0.234. The molecule has 6 nitrogen and oxygen atoms in total. The zero-order valence-corrected chi connectivity index (χ0v) is 14.0. The van der Waals surface area contributed by atoms with Gasteiger partial charge in [-0.05, 0) is 49.2 Å². The van der Waals surface area contributed by atoms with Crippen LogP contribution in [0.3, 0.4) is 0 Å². The van der Waals surface area contributed by atoms with E-state index in [0.29, 0.717) is 17.9 Å². The normalized spacial score (nSPS) is 11.9. The SMILES string of the molecule is Cc1cc(=O)oc2cc(O[C@@H](C)C(=O)NCc3ccncc3)ccc12. The Balaban J connectivity index is 1.67. The molecule has 128 valence electrons. The van der Waals surface area contributed by atoms with Crippen LogP contribution >= 0.6 is 0 Å². The van der Waals surface area contributed by atoms with Crippen LogP contribution in [0.2, 0.25) is 0 Å². The van der Waals surface area contributed by atoms with Crippen molar-refractivity contribution in [2.45, 2.75) is 26.5 Å². The van der Waals surface area contributed by atoms with Crippen molar-refractivity contribution >= 4 is 16.9 Å². The lowest BCUT2D eigenvalue weighted by atomic mass is 10.1. The van der Waals surface area contributed by atoms with Crippen LogP contribution in [0.4, 0.5) is 0 Å². The molecule has 0 aliphatic rings. The molecule has 0 saturated carbocycles. The van der Waals surface area contributed by atoms with Gasteiger partial charge in [-0.15, -0.1) is 0 Å². The van der Waals surface area contributed by atoms with Crippen molar-refractivity contribution in [2.24, 2.45) is 0 Å². The molecule has 3 aromatic rings. The molecule has 2 heterocycles. The predicted octanol–water partition coefficient (Wildman–Crippen LogP) is 2.58. The second-order valence-corrected chi connectivity index (χ2v) is 5.74. The summed E-state index contributed by atoms with van der Waals surface area (Å²) in [6, 6.07) is 10.3. The van der Waals surface area contributed by atoms with Gasteiger partial charge in [0.05, 0.1) is 0 Å². The van der Waals surface area contributed by atoms with E-state index in [1.165, 1.54) is 6.07 Å². The fraction of sp³-hybridized carbons (Fsp3) is 0.211. The second kappa shape index (κ2) is 7.17. The number of amides is 1. The highest BCUT2D eigenvalue weighted by molar-refractivity contribution is 5.82. The van der Waals surface area contributed by atoms with Gasteiger partial charge in [0.2, 0.25) is 0 Å². The minimum atomic E-state index is -0.684. The van der Waals surface area contributed by atoms with E-state index in [4.69, 9.17) is 9.15 Å². The molecule has 1 N–H and O–H groups in total. The van der Waals surface area contributed by atoms with Gasteiger partial charge in [-0.1, -0.05) is 0 Å². The summed E-state index contributed by atoms with van der Waals surface area (Å²) in [5.41, 5.74) is 1.82. The van der Waals surface area contributed by atoms with Crippen LogP contribution in [-0.2, 0) is 11.3 Å². The Morgan fingerprint density at radius 1 is 1.24 bits per heavy atom. The zero-order chi connectivity index (χ0) is 17.8. The van der Waals surface area contributed by atoms with Crippen molar-refractivity contribution in [2.75, 3.05) is 0 Å². The van der Waals surface area contributed by atoms with Crippen molar-refractivity contribution in [3.05, 3.63) is 70.3 Å². The van der Waals surface area contributed by atoms with Crippen molar-refractivity contribution in [1.29, 1.82) is 0 Å². The lowest BCUT2D eigenvalue weighted by molar-refractivity contribution is -0.127. The Hall–Kier alpha value is -3.15. The van der Waals surface area contributed by atoms with Crippen LogP contribution in [0.25, 0.3) is 11.0 Å². The molecule has 0 fully saturated rings. The molecule has 3 rings (SSSR count). The monoisotopic (exact) mass is 338 g/mol. The van der Waals surface area contributed by atoms with Crippen LogP contribution in [0, 0.1) is 6.92 Å². The summed E-state index contributed by atoms with van der Waals surface area (Å²) in [6.07, 6.45) is 2.66. The van der Waals surface area contributed by atoms with E-state index in [2.05, 4.69) is 10.3 Å². The smallest absolute Gasteiger partial charge is 0.336 e. The summed E-state index contributed by atoms with van der Waals surface area (Å²) in [7, 11) is 0. The number of carbonyl (C=O) groups excluding carboxylic acids is 1. The molecule has 0 aliphatic carbocycles. The molecular weight excluding hydrogens is 320 g/mol. The summed E-state index contributed by atoms with van der Waals surface area (Å²) < 4.78 is 10.9. The van der Waals surface area contributed by atoms with E-state index < -0.39 is 11.7 Å². The first-order valence-electron chi connectivity index (χ1n) is 7.91. The molecule has 1 amide bonds. The number of ether oxygens (including phenoxy) is 1. The predicted molar refractivity (Wildman–Crippen MR) is 93.4 cm³/mol. The lowest BCUT2D eigenvalue weighted by Crippen LogP contribution is -2.35. The molecule has 0 aliphatic heterocycles. The maximum Gasteiger partial charge on any atom is 0.336 e. The number of nitrogens with zero attached hydrogens (tertiary/aromatic N) is 1. The first kappa shape index (κ1) is 16.7. The molecule has 0 spiro atoms. The first-order valence-corrected chi connectivity index (χ1v) is 7.91. The maximum absolute atomic E-state index is 12.2. The van der Waals surface area contributed by atoms with Gasteiger partial charge in [-0.2, -0.15) is 0 Å². The first-order chi connectivity index (χ1) is 12.0. The summed E-state index contributed by atoms with van der Waals surface area (Å²) in [5.74, 6) is 0.232. The van der Waals surface area contributed by atoms with Crippen LogP contribution in [0.1, 0.15) is 18.1 Å². The highest BCUT2D eigenvalue weighted by Gasteiger charge is 2.15. The van der Waals surface area contributed by atoms with Crippen molar-refractivity contribution in [3.8, 4) is 5.75 Å². The van der Waals surface area contributed by atoms with Crippen LogP contribution in [0.5, 0.6) is 5.75 Å². The number of carbonyl (C=O) groups is 1. The summed E-state index contributed by atoms with van der Waals surface area (Å²) in [6.45, 7) is 3.91. The Kier molecular flexibility index (Phi) is 4.79. The van der Waals surface area contributed by atoms with Gasteiger partial charge in [0.25, 0.3) is 5.91 Å². The van der Waals surface area contributed by atoms with Gasteiger partial charge >= 0.3 is 5.63 Å². The quantitative estimate of drug-likeness (QED) is 0.723. The fourth-order valence-corrected chi connectivity index (χ4v) is 2.47. The van der Waals surface area contributed by atoms with E-state index in [1.807, 2.05) is 25.1 Å². The van der Waals surface area contributed by atoms with E-state index in [1.54, 1.807) is 31.5 Å². The Labute approximate surface area is 144 Å². The van der Waals surface area contributed by atoms with E-state index in [0.717, 1.165) is 16.5 Å². The number of aromatic nitrogens is 1. The van der Waals surface area contributed by atoms with Crippen molar-refractivity contribution < 1.29 is 13.9 Å². The summed E-state index contributed by atoms with van der Waals surface area (Å²) in [4.78, 5) is 27.6. The Bertz CT molecular complexity index is 951. The maximum atomic E-state index is 12.2. The number of rotatable bonds is 5. The summed E-state index contributed by atoms with van der Waals surface area (Å²) >= 11 is 0. The number of hydrogen-bond acceptors (Lipinski definition) is 5. The molecule has 0 saturated heterocycles. The molecule has 0 radical (unpaired) electrons. The third-order valence-electron chi connectivity index (χ3n) is 3.82. The fourth-order valence-electron chi connectivity index (χ4n) is 2.47. The van der Waals surface area contributed by atoms with Gasteiger partial charge in [0, 0.05) is 36.5 Å². The largest absolute Gasteiger partial charge is 0.481 e. The third kappa shape index (κ3) is 4.03. The average Bonchev–Trinajstić information content (AvgIpc) is 2.60. The zero-order valence-electron chi connectivity index (χ0n) is 14.0. The molecule has 1 atom stereocenters. The van der Waals surface area contributed by atoms with Crippen molar-refractivity contribution in [1.82, 2.24) is 10.3 Å². The highest BCUT2D eigenvalue weighted by Crippen LogP contribution is 2.23. The molecule has 0 unspecified atom stereocenters. The number of aryl methyl sites for hydroxylation is 1. The Morgan fingerprint density at radius 3 is 2.76 bits per heavy atom. The van der Waals surface area contributed by atoms with Crippen LogP contribution < -0.4 is 15.7 Å². The topological polar surface area (TPSA) is 81.4 Å².